The lowest BCUT2D eigenvalue weighted by molar-refractivity contribution is 0.489. The lowest BCUT2D eigenvalue weighted by Crippen LogP contribution is -2.07. The second-order valence-electron chi connectivity index (χ2n) is 5.67. The Kier molecular flexibility index (Phi) is 4.81. The van der Waals surface area contributed by atoms with Gasteiger partial charge in [0.1, 0.15) is 5.82 Å². The largest absolute Gasteiger partial charge is 0.461 e. The molecular weight excluding hydrogens is 313 g/mol. The molecule has 0 aliphatic heterocycles. The van der Waals surface area contributed by atoms with Crippen molar-refractivity contribution in [1.82, 2.24) is 14.8 Å². The predicted octanol–water partition coefficient (Wildman–Crippen LogP) is 4.63. The van der Waals surface area contributed by atoms with E-state index in [1.54, 1.807) is 18.4 Å². The van der Waals surface area contributed by atoms with E-state index in [2.05, 4.69) is 24.0 Å². The van der Waals surface area contributed by atoms with Crippen LogP contribution in [0.5, 0.6) is 0 Å². The lowest BCUT2D eigenvalue weighted by atomic mass is 10.2. The summed E-state index contributed by atoms with van der Waals surface area (Å²) in [6, 6.07) is 10.5. The van der Waals surface area contributed by atoms with Gasteiger partial charge in [0, 0.05) is 12.3 Å². The van der Waals surface area contributed by atoms with Gasteiger partial charge in [0.25, 0.3) is 0 Å². The Balaban J connectivity index is 1.85. The van der Waals surface area contributed by atoms with E-state index in [4.69, 9.17) is 4.42 Å². The van der Waals surface area contributed by atoms with Gasteiger partial charge in [0.05, 0.1) is 6.26 Å². The zero-order valence-electron chi connectivity index (χ0n) is 13.1. The van der Waals surface area contributed by atoms with Crippen molar-refractivity contribution < 1.29 is 8.81 Å². The number of halogens is 1. The number of rotatable bonds is 6. The highest BCUT2D eigenvalue weighted by Crippen LogP contribution is 2.28. The highest BCUT2D eigenvalue weighted by molar-refractivity contribution is 7.98. The fourth-order valence-corrected chi connectivity index (χ4v) is 3.21. The molecule has 2 aromatic heterocycles. The molecule has 0 radical (unpaired) electrons. The predicted molar refractivity (Wildman–Crippen MR) is 88.5 cm³/mol. The molecule has 0 saturated carbocycles. The van der Waals surface area contributed by atoms with E-state index in [1.807, 2.05) is 22.8 Å². The second kappa shape index (κ2) is 7.00. The van der Waals surface area contributed by atoms with Gasteiger partial charge < -0.3 is 4.42 Å². The van der Waals surface area contributed by atoms with Crippen molar-refractivity contribution >= 4 is 11.8 Å². The minimum Gasteiger partial charge on any atom is -0.461 e. The van der Waals surface area contributed by atoms with Gasteiger partial charge in [-0.1, -0.05) is 43.8 Å². The third-order valence-electron chi connectivity index (χ3n) is 3.32. The van der Waals surface area contributed by atoms with E-state index in [0.29, 0.717) is 28.8 Å². The molecule has 2 heterocycles. The Bertz CT molecular complexity index is 768. The molecule has 0 saturated heterocycles. The van der Waals surface area contributed by atoms with Crippen LogP contribution in [0.2, 0.25) is 0 Å². The molecule has 0 N–H and O–H groups in total. The average molecular weight is 331 g/mol. The molecule has 23 heavy (non-hydrogen) atoms. The van der Waals surface area contributed by atoms with Crippen molar-refractivity contribution in [3.05, 3.63) is 54.0 Å². The molecule has 0 fully saturated rings. The Labute approximate surface area is 138 Å². The van der Waals surface area contributed by atoms with Crippen LogP contribution in [0.25, 0.3) is 11.6 Å². The van der Waals surface area contributed by atoms with Crippen LogP contribution in [0.4, 0.5) is 4.39 Å². The van der Waals surface area contributed by atoms with Crippen LogP contribution in [0.3, 0.4) is 0 Å². The minimum absolute atomic E-state index is 0.193. The van der Waals surface area contributed by atoms with Gasteiger partial charge in [-0.2, -0.15) is 0 Å². The van der Waals surface area contributed by atoms with Crippen molar-refractivity contribution in [2.24, 2.45) is 5.92 Å². The number of furan rings is 1. The maximum atomic E-state index is 13.8. The first kappa shape index (κ1) is 15.8. The van der Waals surface area contributed by atoms with Gasteiger partial charge in [-0.3, -0.25) is 4.57 Å². The first-order chi connectivity index (χ1) is 11.1. The van der Waals surface area contributed by atoms with Crippen LogP contribution in [-0.4, -0.2) is 14.8 Å². The fourth-order valence-electron chi connectivity index (χ4n) is 2.27. The summed E-state index contributed by atoms with van der Waals surface area (Å²) >= 11 is 1.48. The van der Waals surface area contributed by atoms with Crippen molar-refractivity contribution in [2.45, 2.75) is 31.3 Å². The highest BCUT2D eigenvalue weighted by atomic mass is 32.2. The molecular formula is C17H18FN3OS. The molecule has 0 aliphatic rings. The topological polar surface area (TPSA) is 43.9 Å². The molecule has 3 rings (SSSR count). The van der Waals surface area contributed by atoms with E-state index in [9.17, 15) is 4.39 Å². The molecule has 6 heteroatoms. The highest BCUT2D eigenvalue weighted by Gasteiger charge is 2.17. The molecule has 0 spiro atoms. The summed E-state index contributed by atoms with van der Waals surface area (Å²) < 4.78 is 21.2. The van der Waals surface area contributed by atoms with Gasteiger partial charge in [0.15, 0.2) is 16.7 Å². The van der Waals surface area contributed by atoms with Crippen LogP contribution >= 0.6 is 11.8 Å². The lowest BCUT2D eigenvalue weighted by Gasteiger charge is -2.11. The number of nitrogens with zero attached hydrogens (tertiary/aromatic N) is 3. The fraction of sp³-hybridized carbons (Fsp3) is 0.294. The SMILES string of the molecule is CC(C)Cn1c(SCc2ccccc2F)nnc1-c1ccco1. The van der Waals surface area contributed by atoms with Crippen molar-refractivity contribution in [3.8, 4) is 11.6 Å². The summed E-state index contributed by atoms with van der Waals surface area (Å²) in [5.74, 6) is 2.16. The number of benzene rings is 1. The molecule has 0 atom stereocenters. The van der Waals surface area contributed by atoms with E-state index >= 15 is 0 Å². The molecule has 4 nitrogen and oxygen atoms in total. The Hall–Kier alpha value is -2.08. The van der Waals surface area contributed by atoms with Gasteiger partial charge in [-0.25, -0.2) is 4.39 Å². The van der Waals surface area contributed by atoms with Crippen LogP contribution in [0, 0.1) is 11.7 Å². The van der Waals surface area contributed by atoms with E-state index < -0.39 is 0 Å². The molecule has 1 aromatic carbocycles. The van der Waals surface area contributed by atoms with Gasteiger partial charge in [-0.15, -0.1) is 10.2 Å². The van der Waals surface area contributed by atoms with Crippen molar-refractivity contribution in [1.29, 1.82) is 0 Å². The summed E-state index contributed by atoms with van der Waals surface area (Å²) in [6.07, 6.45) is 1.62. The van der Waals surface area contributed by atoms with Crippen molar-refractivity contribution in [3.63, 3.8) is 0 Å². The van der Waals surface area contributed by atoms with Crippen LogP contribution in [0.15, 0.2) is 52.2 Å². The molecule has 0 bridgehead atoms. The van der Waals surface area contributed by atoms with E-state index in [1.165, 1.54) is 17.8 Å². The zero-order chi connectivity index (χ0) is 16.2. The average Bonchev–Trinajstić information content (AvgIpc) is 3.16. The standard InChI is InChI=1S/C17H18FN3OS/c1-12(2)10-21-16(15-8-5-9-22-15)19-20-17(21)23-11-13-6-3-4-7-14(13)18/h3-9,12H,10-11H2,1-2H3. The quantitative estimate of drug-likeness (QED) is 0.618. The summed E-state index contributed by atoms with van der Waals surface area (Å²) in [6.45, 7) is 5.05. The van der Waals surface area contributed by atoms with Crippen LogP contribution < -0.4 is 0 Å². The maximum absolute atomic E-state index is 13.8. The number of thioether (sulfide) groups is 1. The van der Waals surface area contributed by atoms with E-state index in [0.717, 1.165) is 11.7 Å². The van der Waals surface area contributed by atoms with Crippen molar-refractivity contribution in [2.75, 3.05) is 0 Å². The first-order valence-electron chi connectivity index (χ1n) is 7.48. The second-order valence-corrected chi connectivity index (χ2v) is 6.61. The third-order valence-corrected chi connectivity index (χ3v) is 4.34. The Morgan fingerprint density at radius 3 is 2.70 bits per heavy atom. The number of aromatic nitrogens is 3. The number of hydrogen-bond acceptors (Lipinski definition) is 4. The molecule has 0 aliphatic carbocycles. The molecule has 0 amide bonds. The van der Waals surface area contributed by atoms with Crippen LogP contribution in [0.1, 0.15) is 19.4 Å². The monoisotopic (exact) mass is 331 g/mol. The third kappa shape index (κ3) is 3.64. The van der Waals surface area contributed by atoms with Gasteiger partial charge >= 0.3 is 0 Å². The Morgan fingerprint density at radius 2 is 2.00 bits per heavy atom. The summed E-state index contributed by atoms with van der Waals surface area (Å²) in [7, 11) is 0. The normalized spacial score (nSPS) is 11.3. The molecule has 3 aromatic rings. The van der Waals surface area contributed by atoms with Gasteiger partial charge in [0.2, 0.25) is 0 Å². The summed E-state index contributed by atoms with van der Waals surface area (Å²) in [5.41, 5.74) is 0.663. The smallest absolute Gasteiger partial charge is 0.200 e. The molecule has 0 unspecified atom stereocenters. The Morgan fingerprint density at radius 1 is 1.17 bits per heavy atom. The zero-order valence-corrected chi connectivity index (χ0v) is 13.9. The number of hydrogen-bond donors (Lipinski definition) is 0. The van der Waals surface area contributed by atoms with Gasteiger partial charge in [-0.05, 0) is 29.7 Å². The van der Waals surface area contributed by atoms with Crippen LogP contribution in [-0.2, 0) is 12.3 Å². The minimum atomic E-state index is -0.193. The van der Waals surface area contributed by atoms with E-state index in [-0.39, 0.29) is 5.82 Å². The summed E-state index contributed by atoms with van der Waals surface area (Å²) in [5, 5.41) is 9.29. The maximum Gasteiger partial charge on any atom is 0.200 e. The first-order valence-corrected chi connectivity index (χ1v) is 8.47. The summed E-state index contributed by atoms with van der Waals surface area (Å²) in [4.78, 5) is 0. The molecule has 120 valence electrons.